The van der Waals surface area contributed by atoms with Crippen LogP contribution in [0.5, 0.6) is 0 Å². The van der Waals surface area contributed by atoms with Crippen molar-refractivity contribution in [3.05, 3.63) is 35.9 Å². The number of aryl methyl sites for hydroxylation is 1. The number of hydrogen-bond donors (Lipinski definition) is 3. The van der Waals surface area contributed by atoms with Crippen LogP contribution >= 0.6 is 0 Å². The Morgan fingerprint density at radius 3 is 2.43 bits per heavy atom. The van der Waals surface area contributed by atoms with E-state index in [1.54, 1.807) is 0 Å². The van der Waals surface area contributed by atoms with Crippen molar-refractivity contribution >= 4 is 17.8 Å². The molecule has 3 atom stereocenters. The standard InChI is InChI=1S/C20H27N3O5/c24-18-15(8-4-12-22-13-5-9-17(20(27)28)23(18)22)21-16(19(25)26)11-10-14-6-2-1-3-7-14/h1-3,6-7,15-17,21H,4-5,8-13H2,(H,25,26)(H,27,28)/t15-,16+,17-/m0/s1. The molecule has 2 saturated heterocycles. The summed E-state index contributed by atoms with van der Waals surface area (Å²) in [6.45, 7) is 1.26. The summed E-state index contributed by atoms with van der Waals surface area (Å²) in [5.74, 6) is -2.36. The average Bonchev–Trinajstić information content (AvgIpc) is 2.84. The molecule has 1 aromatic carbocycles. The summed E-state index contributed by atoms with van der Waals surface area (Å²) in [7, 11) is 0. The molecule has 0 saturated carbocycles. The fourth-order valence-corrected chi connectivity index (χ4v) is 4.03. The Balaban J connectivity index is 1.70. The zero-order chi connectivity index (χ0) is 20.1. The molecule has 1 aromatic rings. The van der Waals surface area contributed by atoms with Gasteiger partial charge in [0.2, 0.25) is 0 Å². The first-order valence-electron chi connectivity index (χ1n) is 9.81. The first-order chi connectivity index (χ1) is 13.5. The molecule has 0 bridgehead atoms. The van der Waals surface area contributed by atoms with Crippen LogP contribution in [0.25, 0.3) is 0 Å². The molecule has 2 aliphatic heterocycles. The zero-order valence-electron chi connectivity index (χ0n) is 15.8. The number of aliphatic carboxylic acids is 2. The largest absolute Gasteiger partial charge is 0.480 e. The van der Waals surface area contributed by atoms with Gasteiger partial charge in [-0.25, -0.2) is 9.80 Å². The molecule has 3 N–H and O–H groups in total. The topological polar surface area (TPSA) is 110 Å². The Labute approximate surface area is 164 Å². The Morgan fingerprint density at radius 2 is 1.79 bits per heavy atom. The first-order valence-corrected chi connectivity index (χ1v) is 9.81. The lowest BCUT2D eigenvalue weighted by atomic mass is 10.0. The molecule has 0 aromatic heterocycles. The van der Waals surface area contributed by atoms with E-state index in [9.17, 15) is 24.6 Å². The van der Waals surface area contributed by atoms with Crippen LogP contribution in [0.15, 0.2) is 30.3 Å². The predicted octanol–water partition coefficient (Wildman–Crippen LogP) is 1.12. The molecule has 8 heteroatoms. The number of nitrogens with one attached hydrogen (secondary N) is 1. The van der Waals surface area contributed by atoms with E-state index in [1.807, 2.05) is 35.3 Å². The third kappa shape index (κ3) is 4.69. The molecule has 3 rings (SSSR count). The average molecular weight is 389 g/mol. The number of carboxylic acid groups (broad SMARTS) is 2. The van der Waals surface area contributed by atoms with E-state index in [0.717, 1.165) is 12.0 Å². The van der Waals surface area contributed by atoms with Crippen molar-refractivity contribution in [3.8, 4) is 0 Å². The van der Waals surface area contributed by atoms with Crippen LogP contribution in [0.3, 0.4) is 0 Å². The van der Waals surface area contributed by atoms with Gasteiger partial charge in [0, 0.05) is 13.1 Å². The van der Waals surface area contributed by atoms with Crippen LogP contribution in [0.4, 0.5) is 0 Å². The van der Waals surface area contributed by atoms with Gasteiger partial charge in [-0.15, -0.1) is 0 Å². The molecular weight excluding hydrogens is 362 g/mol. The maximum atomic E-state index is 13.1. The van der Waals surface area contributed by atoms with E-state index in [0.29, 0.717) is 45.2 Å². The highest BCUT2D eigenvalue weighted by molar-refractivity contribution is 5.87. The fourth-order valence-electron chi connectivity index (χ4n) is 4.03. The van der Waals surface area contributed by atoms with E-state index in [4.69, 9.17) is 0 Å². The lowest BCUT2D eigenvalue weighted by Gasteiger charge is -2.42. The fraction of sp³-hybridized carbons (Fsp3) is 0.550. The lowest BCUT2D eigenvalue weighted by molar-refractivity contribution is -0.174. The van der Waals surface area contributed by atoms with E-state index < -0.39 is 30.1 Å². The summed E-state index contributed by atoms with van der Waals surface area (Å²) in [5.41, 5.74) is 1.04. The van der Waals surface area contributed by atoms with Gasteiger partial charge in [-0.1, -0.05) is 30.3 Å². The summed E-state index contributed by atoms with van der Waals surface area (Å²) >= 11 is 0. The molecule has 0 radical (unpaired) electrons. The molecule has 0 unspecified atom stereocenters. The minimum absolute atomic E-state index is 0.337. The molecule has 1 amide bonds. The van der Waals surface area contributed by atoms with Crippen molar-refractivity contribution in [1.82, 2.24) is 15.3 Å². The third-order valence-corrected chi connectivity index (χ3v) is 5.48. The zero-order valence-corrected chi connectivity index (χ0v) is 15.8. The van der Waals surface area contributed by atoms with Crippen molar-refractivity contribution in [2.45, 2.75) is 56.7 Å². The third-order valence-electron chi connectivity index (χ3n) is 5.48. The van der Waals surface area contributed by atoms with Crippen LogP contribution in [-0.4, -0.2) is 69.3 Å². The highest BCUT2D eigenvalue weighted by atomic mass is 16.4. The van der Waals surface area contributed by atoms with Gasteiger partial charge in [-0.3, -0.25) is 19.9 Å². The highest BCUT2D eigenvalue weighted by Crippen LogP contribution is 2.24. The molecule has 28 heavy (non-hydrogen) atoms. The number of carbonyl (C=O) groups excluding carboxylic acids is 1. The van der Waals surface area contributed by atoms with Gasteiger partial charge in [0.15, 0.2) is 0 Å². The van der Waals surface area contributed by atoms with E-state index >= 15 is 0 Å². The smallest absolute Gasteiger partial charge is 0.328 e. The number of hydrogen-bond acceptors (Lipinski definition) is 5. The number of amides is 1. The van der Waals surface area contributed by atoms with Crippen molar-refractivity contribution < 1.29 is 24.6 Å². The van der Waals surface area contributed by atoms with Crippen molar-refractivity contribution in [3.63, 3.8) is 0 Å². The number of carboxylic acids is 2. The molecule has 0 spiro atoms. The van der Waals surface area contributed by atoms with Crippen molar-refractivity contribution in [2.75, 3.05) is 13.1 Å². The van der Waals surface area contributed by atoms with Gasteiger partial charge >= 0.3 is 11.9 Å². The maximum absolute atomic E-state index is 13.1. The molecule has 152 valence electrons. The monoisotopic (exact) mass is 389 g/mol. The number of benzene rings is 1. The normalized spacial score (nSPS) is 24.3. The van der Waals surface area contributed by atoms with Crippen molar-refractivity contribution in [2.24, 2.45) is 0 Å². The second-order valence-electron chi connectivity index (χ2n) is 7.41. The Kier molecular flexibility index (Phi) is 6.64. The van der Waals surface area contributed by atoms with Crippen LogP contribution in [-0.2, 0) is 20.8 Å². The quantitative estimate of drug-likeness (QED) is 0.641. The minimum Gasteiger partial charge on any atom is -0.480 e. The van der Waals surface area contributed by atoms with Crippen molar-refractivity contribution in [1.29, 1.82) is 0 Å². The number of hydrazine groups is 1. The van der Waals surface area contributed by atoms with Gasteiger partial charge in [-0.2, -0.15) is 0 Å². The Morgan fingerprint density at radius 1 is 1.11 bits per heavy atom. The molecule has 8 nitrogen and oxygen atoms in total. The maximum Gasteiger partial charge on any atom is 0.328 e. The number of fused-ring (bicyclic) bond motifs is 1. The van der Waals surface area contributed by atoms with Gasteiger partial charge in [0.1, 0.15) is 12.1 Å². The number of carbonyl (C=O) groups is 3. The molecular formula is C20H27N3O5. The summed E-state index contributed by atoms with van der Waals surface area (Å²) in [4.78, 5) is 36.5. The summed E-state index contributed by atoms with van der Waals surface area (Å²) in [6, 6.07) is 7.17. The summed E-state index contributed by atoms with van der Waals surface area (Å²) in [5, 5.41) is 25.3. The SMILES string of the molecule is O=C(O)[C@@H](CCc1ccccc1)N[C@H]1CCCN2CCC[C@@H](C(=O)O)N2C1=O. The van der Waals surface area contributed by atoms with Gasteiger partial charge in [-0.05, 0) is 44.1 Å². The molecule has 2 aliphatic rings. The van der Waals surface area contributed by atoms with Gasteiger partial charge in [0.05, 0.1) is 6.04 Å². The lowest BCUT2D eigenvalue weighted by Crippen LogP contribution is -2.61. The van der Waals surface area contributed by atoms with Crippen LogP contribution in [0.2, 0.25) is 0 Å². The number of rotatable bonds is 7. The summed E-state index contributed by atoms with van der Waals surface area (Å²) < 4.78 is 0. The van der Waals surface area contributed by atoms with E-state index in [2.05, 4.69) is 5.32 Å². The van der Waals surface area contributed by atoms with Crippen LogP contribution < -0.4 is 5.32 Å². The van der Waals surface area contributed by atoms with Gasteiger partial charge < -0.3 is 10.2 Å². The first kappa shape index (κ1) is 20.3. The van der Waals surface area contributed by atoms with E-state index in [1.165, 1.54) is 5.01 Å². The Bertz CT molecular complexity index is 711. The Hall–Kier alpha value is -2.45. The van der Waals surface area contributed by atoms with Crippen LogP contribution in [0, 0.1) is 0 Å². The molecule has 0 aliphatic carbocycles. The molecule has 2 heterocycles. The molecule has 2 fully saturated rings. The second-order valence-corrected chi connectivity index (χ2v) is 7.41. The highest BCUT2D eigenvalue weighted by Gasteiger charge is 2.42. The van der Waals surface area contributed by atoms with E-state index in [-0.39, 0.29) is 5.91 Å². The predicted molar refractivity (Wildman–Crippen MR) is 101 cm³/mol. The minimum atomic E-state index is -1.02. The second kappa shape index (κ2) is 9.16. The van der Waals surface area contributed by atoms with Gasteiger partial charge in [0.25, 0.3) is 5.91 Å². The summed E-state index contributed by atoms with van der Waals surface area (Å²) in [6.07, 6.45) is 3.29. The number of nitrogens with zero attached hydrogens (tertiary/aromatic N) is 2. The van der Waals surface area contributed by atoms with Crippen LogP contribution in [0.1, 0.15) is 37.7 Å².